The highest BCUT2D eigenvalue weighted by Crippen LogP contribution is 2.64. The lowest BCUT2D eigenvalue weighted by Gasteiger charge is -2.46. The number of hydrogen-bond donors (Lipinski definition) is 1. The zero-order valence-corrected chi connectivity index (χ0v) is 18.9. The first-order valence-corrected chi connectivity index (χ1v) is 10.1. The molecule has 19 heteroatoms. The van der Waals surface area contributed by atoms with E-state index in [-0.39, 0.29) is 0 Å². The standard InChI is InChI=1S/C18H19F13O6/c1-10(2)33-5-6(35-10)7-12(32,8-9(34-7)37-11(3,4)36-8)13(19,20)14(21,22)15(23,24)16(25,26)17(27,28)18(29,30)31/h6-9,32H,5H2,1-4H3/t6-,7-,8+,9-,12-/m1/s1. The molecule has 0 spiro atoms. The van der Waals surface area contributed by atoms with Crippen LogP contribution in [0.3, 0.4) is 0 Å². The van der Waals surface area contributed by atoms with E-state index in [2.05, 4.69) is 0 Å². The topological polar surface area (TPSA) is 66.4 Å². The van der Waals surface area contributed by atoms with E-state index in [4.69, 9.17) is 23.7 Å². The number of ether oxygens (including phenoxy) is 5. The summed E-state index contributed by atoms with van der Waals surface area (Å²) < 4.78 is 204. The smallest absolute Gasteiger partial charge is 0.378 e. The molecule has 0 aromatic rings. The molecule has 0 saturated carbocycles. The lowest BCUT2D eigenvalue weighted by Crippen LogP contribution is -2.77. The molecule has 218 valence electrons. The third-order valence-electron chi connectivity index (χ3n) is 6.01. The SMILES string of the molecule is CC1(C)OC[C@H]([C@H]2O[C@@H]3OC(C)(C)O[C@@H]3[C@@]2(O)C(F)(F)C(F)(F)C(F)(F)C(F)(F)C(F)(F)C(F)(F)F)O1. The molecule has 0 unspecified atom stereocenters. The van der Waals surface area contributed by atoms with E-state index in [1.165, 1.54) is 0 Å². The Morgan fingerprint density at radius 1 is 0.622 bits per heavy atom. The molecule has 0 bridgehead atoms. The van der Waals surface area contributed by atoms with Gasteiger partial charge in [0.1, 0.15) is 18.3 Å². The van der Waals surface area contributed by atoms with Gasteiger partial charge in [-0.05, 0) is 27.7 Å². The second-order valence-corrected chi connectivity index (χ2v) is 9.54. The van der Waals surface area contributed by atoms with Crippen molar-refractivity contribution in [3.63, 3.8) is 0 Å². The number of alkyl halides is 13. The molecule has 3 aliphatic heterocycles. The molecule has 3 rings (SSSR count). The van der Waals surface area contributed by atoms with E-state index in [1.807, 2.05) is 0 Å². The number of halogens is 13. The van der Waals surface area contributed by atoms with Gasteiger partial charge in [0.2, 0.25) is 0 Å². The fourth-order valence-corrected chi connectivity index (χ4v) is 4.15. The van der Waals surface area contributed by atoms with Crippen molar-refractivity contribution in [3.05, 3.63) is 0 Å². The molecule has 3 aliphatic rings. The van der Waals surface area contributed by atoms with Crippen molar-refractivity contribution in [2.24, 2.45) is 0 Å². The molecule has 6 nitrogen and oxygen atoms in total. The largest absolute Gasteiger partial charge is 0.460 e. The van der Waals surface area contributed by atoms with Gasteiger partial charge in [0, 0.05) is 0 Å². The van der Waals surface area contributed by atoms with Gasteiger partial charge in [-0.2, -0.15) is 57.1 Å². The lowest BCUT2D eigenvalue weighted by molar-refractivity contribution is -0.454. The van der Waals surface area contributed by atoms with Gasteiger partial charge < -0.3 is 28.8 Å². The summed E-state index contributed by atoms with van der Waals surface area (Å²) in [5.74, 6) is -42.6. The Morgan fingerprint density at radius 3 is 1.54 bits per heavy atom. The van der Waals surface area contributed by atoms with E-state index in [0.29, 0.717) is 0 Å². The van der Waals surface area contributed by atoms with Crippen molar-refractivity contribution in [2.45, 2.75) is 105 Å². The van der Waals surface area contributed by atoms with Gasteiger partial charge in [-0.25, -0.2) is 0 Å². The normalized spacial score (nSPS) is 35.2. The Kier molecular flexibility index (Phi) is 6.53. The minimum Gasteiger partial charge on any atom is -0.378 e. The Balaban J connectivity index is 2.16. The van der Waals surface area contributed by atoms with Gasteiger partial charge in [-0.15, -0.1) is 0 Å². The molecule has 5 atom stereocenters. The van der Waals surface area contributed by atoms with Crippen molar-refractivity contribution < 1.29 is 85.9 Å². The highest BCUT2D eigenvalue weighted by atomic mass is 19.4. The molecule has 0 amide bonds. The zero-order valence-electron chi connectivity index (χ0n) is 18.9. The second kappa shape index (κ2) is 7.96. The fourth-order valence-electron chi connectivity index (χ4n) is 4.15. The van der Waals surface area contributed by atoms with Gasteiger partial charge in [0.05, 0.1) is 6.61 Å². The van der Waals surface area contributed by atoms with Crippen LogP contribution in [-0.2, 0) is 23.7 Å². The molecule has 3 fully saturated rings. The monoisotopic (exact) mass is 578 g/mol. The van der Waals surface area contributed by atoms with Crippen molar-refractivity contribution in [2.75, 3.05) is 6.61 Å². The van der Waals surface area contributed by atoms with Gasteiger partial charge >= 0.3 is 35.8 Å². The van der Waals surface area contributed by atoms with Crippen molar-refractivity contribution in [1.29, 1.82) is 0 Å². The quantitative estimate of drug-likeness (QED) is 0.469. The van der Waals surface area contributed by atoms with Crippen LogP contribution in [0.1, 0.15) is 27.7 Å². The Labute approximate surface area is 198 Å². The summed E-state index contributed by atoms with van der Waals surface area (Å²) in [4.78, 5) is 0. The summed E-state index contributed by atoms with van der Waals surface area (Å²) in [5, 5.41) is 10.9. The molecule has 0 aliphatic carbocycles. The van der Waals surface area contributed by atoms with E-state index in [9.17, 15) is 53.4 Å². The number of aliphatic hydroxyl groups is 1. The first-order valence-electron chi connectivity index (χ1n) is 10.1. The van der Waals surface area contributed by atoms with Gasteiger partial charge in [-0.1, -0.05) is 0 Å². The predicted octanol–water partition coefficient (Wildman–Crippen LogP) is 4.48. The van der Waals surface area contributed by atoms with Gasteiger partial charge in [-0.3, -0.25) is 0 Å². The van der Waals surface area contributed by atoms with E-state index in [1.54, 1.807) is 0 Å². The van der Waals surface area contributed by atoms with Crippen molar-refractivity contribution >= 4 is 0 Å². The molecule has 37 heavy (non-hydrogen) atoms. The summed E-state index contributed by atoms with van der Waals surface area (Å²) in [6, 6.07) is 0. The van der Waals surface area contributed by atoms with Crippen molar-refractivity contribution in [1.82, 2.24) is 0 Å². The molecular formula is C18H19F13O6. The molecule has 0 aromatic heterocycles. The van der Waals surface area contributed by atoms with Crippen LogP contribution in [0.15, 0.2) is 0 Å². The van der Waals surface area contributed by atoms with Gasteiger partial charge in [0.15, 0.2) is 23.5 Å². The minimum absolute atomic E-state index is 0.844. The molecule has 0 aromatic carbocycles. The van der Waals surface area contributed by atoms with Crippen LogP contribution in [0.25, 0.3) is 0 Å². The molecule has 0 radical (unpaired) electrons. The Bertz CT molecular complexity index is 905. The van der Waals surface area contributed by atoms with Crippen LogP contribution in [0.2, 0.25) is 0 Å². The molecule has 3 heterocycles. The van der Waals surface area contributed by atoms with Crippen LogP contribution in [0.4, 0.5) is 57.1 Å². The number of hydrogen-bond acceptors (Lipinski definition) is 6. The predicted molar refractivity (Wildman–Crippen MR) is 89.3 cm³/mol. The Hall–Kier alpha value is -1.15. The summed E-state index contributed by atoms with van der Waals surface area (Å²) in [7, 11) is 0. The maximum absolute atomic E-state index is 15.3. The van der Waals surface area contributed by atoms with Gasteiger partial charge in [0.25, 0.3) is 0 Å². The Morgan fingerprint density at radius 2 is 1.11 bits per heavy atom. The zero-order chi connectivity index (χ0) is 29.1. The molecule has 3 saturated heterocycles. The molecule has 1 N–H and O–H groups in total. The summed E-state index contributed by atoms with van der Waals surface area (Å²) in [5.41, 5.74) is -4.84. The second-order valence-electron chi connectivity index (χ2n) is 9.54. The maximum atomic E-state index is 15.3. The third-order valence-corrected chi connectivity index (χ3v) is 6.01. The summed E-state index contributed by atoms with van der Waals surface area (Å²) in [6.45, 7) is 3.36. The minimum atomic E-state index is -8.14. The summed E-state index contributed by atoms with van der Waals surface area (Å²) in [6.07, 6.45) is -17.6. The summed E-state index contributed by atoms with van der Waals surface area (Å²) >= 11 is 0. The van der Waals surface area contributed by atoms with E-state index >= 15 is 8.78 Å². The highest BCUT2D eigenvalue weighted by Gasteiger charge is 2.94. The first-order chi connectivity index (χ1) is 16.1. The van der Waals surface area contributed by atoms with Crippen LogP contribution in [-0.4, -0.2) is 89.3 Å². The van der Waals surface area contributed by atoms with E-state index < -0.39 is 84.2 Å². The van der Waals surface area contributed by atoms with Crippen molar-refractivity contribution in [3.8, 4) is 0 Å². The average Bonchev–Trinajstić information content (AvgIpc) is 3.29. The van der Waals surface area contributed by atoms with Crippen LogP contribution in [0, 0.1) is 0 Å². The fraction of sp³-hybridized carbons (Fsp3) is 1.00. The van der Waals surface area contributed by atoms with Crippen LogP contribution >= 0.6 is 0 Å². The van der Waals surface area contributed by atoms with E-state index in [0.717, 1.165) is 27.7 Å². The highest BCUT2D eigenvalue weighted by molar-refractivity contribution is 5.22. The lowest BCUT2D eigenvalue weighted by atomic mass is 9.77. The number of fused-ring (bicyclic) bond motifs is 1. The van der Waals surface area contributed by atoms with Crippen LogP contribution in [0.5, 0.6) is 0 Å². The number of rotatable bonds is 6. The first kappa shape index (κ1) is 30.4. The maximum Gasteiger partial charge on any atom is 0.460 e. The van der Waals surface area contributed by atoms with Crippen LogP contribution < -0.4 is 0 Å². The third kappa shape index (κ3) is 3.93. The average molecular weight is 578 g/mol. The molecular weight excluding hydrogens is 559 g/mol.